The fourth-order valence-corrected chi connectivity index (χ4v) is 6.66. The summed E-state index contributed by atoms with van der Waals surface area (Å²) in [6.45, 7) is 24.5. The molecule has 2 aliphatic heterocycles. The first-order valence-corrected chi connectivity index (χ1v) is 14.2. The molecule has 0 bridgehead atoms. The van der Waals surface area contributed by atoms with Gasteiger partial charge in [0.1, 0.15) is 6.10 Å². The molecule has 1 N–H and O–H groups in total. The maximum absolute atomic E-state index is 13.6. The van der Waals surface area contributed by atoms with Crippen LogP contribution in [0.5, 0.6) is 0 Å². The van der Waals surface area contributed by atoms with E-state index >= 15 is 0 Å². The van der Waals surface area contributed by atoms with E-state index in [0.717, 1.165) is 51.4 Å². The summed E-state index contributed by atoms with van der Waals surface area (Å²) in [5.74, 6) is 0.356. The van der Waals surface area contributed by atoms with E-state index in [4.69, 9.17) is 4.74 Å². The van der Waals surface area contributed by atoms with Gasteiger partial charge in [0.05, 0.1) is 5.92 Å². The minimum atomic E-state index is -0.0580. The number of esters is 1. The average Bonchev–Trinajstić information content (AvgIpc) is 2.67. The molecule has 2 rings (SSSR count). The molecule has 206 valence electrons. The lowest BCUT2D eigenvalue weighted by molar-refractivity contribution is -0.231. The predicted molar refractivity (Wildman–Crippen MR) is 146 cm³/mol. The Kier molecular flexibility index (Phi) is 9.60. The maximum atomic E-state index is 13.6. The minimum absolute atomic E-state index is 0.000569. The van der Waals surface area contributed by atoms with E-state index in [1.807, 2.05) is 0 Å². The normalized spacial score (nSPS) is 29.7. The number of hydrogen-bond acceptors (Lipinski definition) is 5. The number of carbonyl (C=O) groups is 1. The quantitative estimate of drug-likeness (QED) is 0.376. The molecule has 3 atom stereocenters. The topological polar surface area (TPSA) is 53.0 Å². The van der Waals surface area contributed by atoms with Crippen LogP contribution in [0.2, 0.25) is 0 Å². The van der Waals surface area contributed by atoms with Crippen LogP contribution in [0.4, 0.5) is 0 Å². The SMILES string of the molecule is CCCCC(CC1CC(C(C)(C)C)N(O)C(C(C)(C)C)C1)C(=O)OC1CC(C)(C)N(C)C(C)(C)C1. The third-order valence-corrected chi connectivity index (χ3v) is 9.16. The predicted octanol–water partition coefficient (Wildman–Crippen LogP) is 7.31. The summed E-state index contributed by atoms with van der Waals surface area (Å²) in [7, 11) is 2.19. The maximum Gasteiger partial charge on any atom is 0.309 e. The van der Waals surface area contributed by atoms with Gasteiger partial charge in [0.2, 0.25) is 0 Å². The Bertz CT molecular complexity index is 661. The number of unbranched alkanes of at least 4 members (excludes halogenated alkanes) is 1. The van der Waals surface area contributed by atoms with Gasteiger partial charge in [0, 0.05) is 36.0 Å². The molecule has 5 heteroatoms. The van der Waals surface area contributed by atoms with E-state index in [1.165, 1.54) is 0 Å². The van der Waals surface area contributed by atoms with Crippen LogP contribution in [0, 0.1) is 22.7 Å². The van der Waals surface area contributed by atoms with Crippen LogP contribution in [-0.4, -0.2) is 57.5 Å². The van der Waals surface area contributed by atoms with Crippen LogP contribution in [0.25, 0.3) is 0 Å². The lowest BCUT2D eigenvalue weighted by atomic mass is 9.69. The molecule has 0 aromatic rings. The number of carbonyl (C=O) groups excluding carboxylic acids is 1. The number of rotatable bonds is 7. The molecule has 0 radical (unpaired) electrons. The first-order valence-electron chi connectivity index (χ1n) is 14.2. The van der Waals surface area contributed by atoms with Gasteiger partial charge in [-0.05, 0) is 77.2 Å². The van der Waals surface area contributed by atoms with Gasteiger partial charge >= 0.3 is 5.97 Å². The summed E-state index contributed by atoms with van der Waals surface area (Å²) in [5, 5.41) is 12.8. The second-order valence-electron chi connectivity index (χ2n) is 15.2. The smallest absolute Gasteiger partial charge is 0.309 e. The molecule has 2 heterocycles. The van der Waals surface area contributed by atoms with Crippen molar-refractivity contribution in [1.82, 2.24) is 9.96 Å². The van der Waals surface area contributed by atoms with Crippen molar-refractivity contribution in [2.75, 3.05) is 7.05 Å². The van der Waals surface area contributed by atoms with E-state index < -0.39 is 0 Å². The van der Waals surface area contributed by atoms with Gasteiger partial charge in [-0.25, -0.2) is 0 Å². The number of hydroxylamine groups is 2. The molecular formula is C30H58N2O3. The first-order chi connectivity index (χ1) is 15.8. The van der Waals surface area contributed by atoms with Gasteiger partial charge in [-0.1, -0.05) is 61.3 Å². The van der Waals surface area contributed by atoms with Gasteiger partial charge in [-0.2, -0.15) is 5.06 Å². The summed E-state index contributed by atoms with van der Waals surface area (Å²) in [4.78, 5) is 16.1. The van der Waals surface area contributed by atoms with Crippen molar-refractivity contribution in [3.8, 4) is 0 Å². The van der Waals surface area contributed by atoms with Crippen LogP contribution in [-0.2, 0) is 9.53 Å². The van der Waals surface area contributed by atoms with Crippen molar-refractivity contribution >= 4 is 5.97 Å². The zero-order valence-corrected chi connectivity index (χ0v) is 25.2. The number of ether oxygens (including phenoxy) is 1. The first kappa shape index (κ1) is 30.6. The summed E-state index contributed by atoms with van der Waals surface area (Å²) in [6.07, 6.45) is 7.47. The third kappa shape index (κ3) is 7.68. The molecule has 5 nitrogen and oxygen atoms in total. The minimum Gasteiger partial charge on any atom is -0.462 e. The Morgan fingerprint density at radius 1 is 0.971 bits per heavy atom. The number of hydrogen-bond donors (Lipinski definition) is 1. The van der Waals surface area contributed by atoms with Crippen molar-refractivity contribution in [1.29, 1.82) is 0 Å². The van der Waals surface area contributed by atoms with Crippen LogP contribution < -0.4 is 0 Å². The van der Waals surface area contributed by atoms with Gasteiger partial charge in [-0.3, -0.25) is 9.69 Å². The Labute approximate surface area is 217 Å². The summed E-state index contributed by atoms with van der Waals surface area (Å²) < 4.78 is 6.30. The molecule has 2 saturated heterocycles. The highest BCUT2D eigenvalue weighted by Gasteiger charge is 2.47. The molecule has 0 amide bonds. The lowest BCUT2D eigenvalue weighted by Gasteiger charge is -2.53. The molecule has 2 aliphatic rings. The molecular weight excluding hydrogens is 436 g/mol. The van der Waals surface area contributed by atoms with E-state index in [0.29, 0.717) is 5.92 Å². The van der Waals surface area contributed by atoms with Crippen molar-refractivity contribution in [3.05, 3.63) is 0 Å². The van der Waals surface area contributed by atoms with Crippen LogP contribution in [0.1, 0.15) is 128 Å². The van der Waals surface area contributed by atoms with E-state index in [1.54, 1.807) is 5.06 Å². The highest BCUT2D eigenvalue weighted by Crippen LogP contribution is 2.44. The largest absolute Gasteiger partial charge is 0.462 e. The zero-order valence-electron chi connectivity index (χ0n) is 25.2. The third-order valence-electron chi connectivity index (χ3n) is 9.16. The molecule has 3 unspecified atom stereocenters. The highest BCUT2D eigenvalue weighted by molar-refractivity contribution is 5.72. The Hall–Kier alpha value is -0.650. The molecule has 35 heavy (non-hydrogen) atoms. The number of likely N-dealkylation sites (tertiary alicyclic amines) is 1. The molecule has 2 fully saturated rings. The summed E-state index contributed by atoms with van der Waals surface area (Å²) in [5.41, 5.74) is -0.0535. The van der Waals surface area contributed by atoms with Crippen molar-refractivity contribution in [3.63, 3.8) is 0 Å². The summed E-state index contributed by atoms with van der Waals surface area (Å²) >= 11 is 0. The van der Waals surface area contributed by atoms with E-state index in [2.05, 4.69) is 88.1 Å². The lowest BCUT2D eigenvalue weighted by Crippen LogP contribution is -2.60. The average molecular weight is 495 g/mol. The Balaban J connectivity index is 2.20. The molecule has 0 aromatic carbocycles. The molecule has 0 aromatic heterocycles. The highest BCUT2D eigenvalue weighted by atomic mass is 16.5. The summed E-state index contributed by atoms with van der Waals surface area (Å²) in [6, 6.07) is 0.174. The van der Waals surface area contributed by atoms with Gasteiger partial charge in [0.25, 0.3) is 0 Å². The monoisotopic (exact) mass is 494 g/mol. The van der Waals surface area contributed by atoms with Crippen LogP contribution in [0.3, 0.4) is 0 Å². The Morgan fingerprint density at radius 3 is 1.83 bits per heavy atom. The van der Waals surface area contributed by atoms with Gasteiger partial charge in [0.15, 0.2) is 0 Å². The Morgan fingerprint density at radius 2 is 1.43 bits per heavy atom. The van der Waals surface area contributed by atoms with Crippen molar-refractivity contribution < 1.29 is 14.7 Å². The van der Waals surface area contributed by atoms with Crippen LogP contribution >= 0.6 is 0 Å². The van der Waals surface area contributed by atoms with Gasteiger partial charge in [-0.15, -0.1) is 0 Å². The second kappa shape index (κ2) is 11.0. The standard InChI is InChI=1S/C30H58N2O3/c1-13-14-15-22(26(33)35-23-19-29(8,9)31(12)30(10,11)20-23)16-21-17-24(27(2,3)4)32(34)25(18-21)28(5,6)7/h21-25,34H,13-20H2,1-12H3. The molecule has 0 spiro atoms. The molecule has 0 aliphatic carbocycles. The van der Waals surface area contributed by atoms with E-state index in [9.17, 15) is 10.0 Å². The van der Waals surface area contributed by atoms with Crippen LogP contribution in [0.15, 0.2) is 0 Å². The number of nitrogens with zero attached hydrogens (tertiary/aromatic N) is 2. The van der Waals surface area contributed by atoms with Crippen molar-refractivity contribution in [2.24, 2.45) is 22.7 Å². The fourth-order valence-electron chi connectivity index (χ4n) is 6.66. The van der Waals surface area contributed by atoms with Crippen molar-refractivity contribution in [2.45, 2.75) is 157 Å². The second-order valence-corrected chi connectivity index (χ2v) is 15.2. The molecule has 0 saturated carbocycles. The van der Waals surface area contributed by atoms with E-state index in [-0.39, 0.29) is 52.0 Å². The fraction of sp³-hybridized carbons (Fsp3) is 0.967. The van der Waals surface area contributed by atoms with Gasteiger partial charge < -0.3 is 9.94 Å². The number of piperidine rings is 2. The zero-order chi connectivity index (χ0) is 27.0.